The normalized spacial score (nSPS) is 13.5. The van der Waals surface area contributed by atoms with Gasteiger partial charge >= 0.3 is 0 Å². The van der Waals surface area contributed by atoms with Crippen molar-refractivity contribution in [3.63, 3.8) is 0 Å². The minimum Gasteiger partial charge on any atom is -0.321 e. The quantitative estimate of drug-likeness (QED) is 0.820. The van der Waals surface area contributed by atoms with Crippen molar-refractivity contribution >= 4 is 27.3 Å². The molecular formula is C6H7BrFNS. The average Bonchev–Trinajstić information content (AvgIpc) is 2.34. The monoisotopic (exact) mass is 223 g/mol. The van der Waals surface area contributed by atoms with Gasteiger partial charge in [0.1, 0.15) is 6.67 Å². The summed E-state index contributed by atoms with van der Waals surface area (Å²) in [5.41, 5.74) is 5.42. The van der Waals surface area contributed by atoms with Crippen LogP contribution in [0.3, 0.4) is 0 Å². The van der Waals surface area contributed by atoms with Crippen molar-refractivity contribution in [3.8, 4) is 0 Å². The van der Waals surface area contributed by atoms with E-state index >= 15 is 0 Å². The highest BCUT2D eigenvalue weighted by Gasteiger charge is 2.06. The lowest BCUT2D eigenvalue weighted by Crippen LogP contribution is -2.09. The van der Waals surface area contributed by atoms with Crippen LogP contribution < -0.4 is 5.73 Å². The summed E-state index contributed by atoms with van der Waals surface area (Å²) in [5, 5.41) is 0. The molecular weight excluding hydrogens is 217 g/mol. The van der Waals surface area contributed by atoms with Crippen LogP contribution in [-0.2, 0) is 0 Å². The highest BCUT2D eigenvalue weighted by molar-refractivity contribution is 9.11. The van der Waals surface area contributed by atoms with E-state index in [1.165, 1.54) is 11.3 Å². The molecule has 0 fully saturated rings. The Bertz CT molecular complexity index is 213. The summed E-state index contributed by atoms with van der Waals surface area (Å²) in [6.07, 6.45) is 0. The second-order valence-corrected chi connectivity index (χ2v) is 4.40. The highest BCUT2D eigenvalue weighted by atomic mass is 79.9. The van der Waals surface area contributed by atoms with Crippen LogP contribution in [0.25, 0.3) is 0 Å². The van der Waals surface area contributed by atoms with Crippen molar-refractivity contribution < 1.29 is 4.39 Å². The van der Waals surface area contributed by atoms with Gasteiger partial charge in [-0.2, -0.15) is 0 Å². The Morgan fingerprint density at radius 3 is 2.80 bits per heavy atom. The molecule has 0 spiro atoms. The molecule has 0 saturated carbocycles. The molecule has 0 bridgehead atoms. The van der Waals surface area contributed by atoms with E-state index in [-0.39, 0.29) is 0 Å². The van der Waals surface area contributed by atoms with Crippen LogP contribution >= 0.6 is 27.3 Å². The molecule has 1 aromatic rings. The molecule has 1 atom stereocenters. The predicted octanol–water partition coefficient (Wildman–Crippen LogP) is 2.48. The maximum Gasteiger partial charge on any atom is 0.109 e. The van der Waals surface area contributed by atoms with Crippen LogP contribution in [0, 0.1) is 0 Å². The zero-order valence-corrected chi connectivity index (χ0v) is 7.58. The number of alkyl halides is 1. The summed E-state index contributed by atoms with van der Waals surface area (Å²) in [5.74, 6) is 0. The van der Waals surface area contributed by atoms with E-state index in [1.807, 2.05) is 12.1 Å². The molecule has 0 aliphatic carbocycles. The van der Waals surface area contributed by atoms with Gasteiger partial charge in [0.2, 0.25) is 0 Å². The molecule has 0 saturated heterocycles. The molecule has 0 aliphatic rings. The Labute approximate surface area is 71.2 Å². The molecule has 1 nitrogen and oxygen atoms in total. The van der Waals surface area contributed by atoms with Crippen LogP contribution in [0.4, 0.5) is 4.39 Å². The molecule has 1 heterocycles. The molecule has 1 aromatic heterocycles. The van der Waals surface area contributed by atoms with E-state index in [9.17, 15) is 4.39 Å². The van der Waals surface area contributed by atoms with Crippen LogP contribution in [0.2, 0.25) is 0 Å². The topological polar surface area (TPSA) is 26.0 Å². The van der Waals surface area contributed by atoms with Gasteiger partial charge < -0.3 is 5.73 Å². The highest BCUT2D eigenvalue weighted by Crippen LogP contribution is 2.26. The maximum atomic E-state index is 11.9. The Morgan fingerprint density at radius 2 is 2.40 bits per heavy atom. The zero-order chi connectivity index (χ0) is 7.56. The summed E-state index contributed by atoms with van der Waals surface area (Å²) >= 11 is 4.74. The van der Waals surface area contributed by atoms with Crippen molar-refractivity contribution in [2.75, 3.05) is 6.67 Å². The second kappa shape index (κ2) is 3.46. The van der Waals surface area contributed by atoms with Gasteiger partial charge in [-0.25, -0.2) is 4.39 Å². The first-order valence-corrected chi connectivity index (χ1v) is 4.41. The third-order valence-corrected chi connectivity index (χ3v) is 2.88. The first-order valence-electron chi connectivity index (χ1n) is 2.81. The maximum absolute atomic E-state index is 11.9. The lowest BCUT2D eigenvalue weighted by molar-refractivity contribution is 0.440. The second-order valence-electron chi connectivity index (χ2n) is 1.90. The summed E-state index contributed by atoms with van der Waals surface area (Å²) in [6.45, 7) is -0.493. The molecule has 0 aromatic carbocycles. The SMILES string of the molecule is N[C@H](CF)c1ccc(Br)s1. The van der Waals surface area contributed by atoms with Crippen LogP contribution in [-0.4, -0.2) is 6.67 Å². The third kappa shape index (κ3) is 1.78. The summed E-state index contributed by atoms with van der Waals surface area (Å²) in [7, 11) is 0. The molecule has 4 heteroatoms. The average molecular weight is 224 g/mol. The smallest absolute Gasteiger partial charge is 0.109 e. The van der Waals surface area contributed by atoms with Gasteiger partial charge in [0.15, 0.2) is 0 Å². The molecule has 0 amide bonds. The number of hydrogen-bond donors (Lipinski definition) is 1. The van der Waals surface area contributed by atoms with Gasteiger partial charge in [-0.3, -0.25) is 0 Å². The van der Waals surface area contributed by atoms with E-state index in [1.54, 1.807) is 0 Å². The van der Waals surface area contributed by atoms with E-state index in [0.29, 0.717) is 0 Å². The fourth-order valence-corrected chi connectivity index (χ4v) is 2.01. The van der Waals surface area contributed by atoms with Crippen LogP contribution in [0.1, 0.15) is 10.9 Å². The molecule has 10 heavy (non-hydrogen) atoms. The zero-order valence-electron chi connectivity index (χ0n) is 5.18. The largest absolute Gasteiger partial charge is 0.321 e. The lowest BCUT2D eigenvalue weighted by atomic mass is 10.3. The molecule has 1 rings (SSSR count). The third-order valence-electron chi connectivity index (χ3n) is 1.13. The molecule has 2 N–H and O–H groups in total. The van der Waals surface area contributed by atoms with Gasteiger partial charge in [0, 0.05) is 4.88 Å². The summed E-state index contributed by atoms with van der Waals surface area (Å²) < 4.78 is 12.9. The standard InChI is InChI=1S/C6H7BrFNS/c7-6-2-1-5(10-6)4(9)3-8/h1-2,4H,3,9H2/t4-/m1/s1. The summed E-state index contributed by atoms with van der Waals surface area (Å²) in [4.78, 5) is 0.884. The van der Waals surface area contributed by atoms with Crippen molar-refractivity contribution in [1.29, 1.82) is 0 Å². The van der Waals surface area contributed by atoms with Gasteiger partial charge in [-0.15, -0.1) is 11.3 Å². The lowest BCUT2D eigenvalue weighted by Gasteiger charge is -2.00. The van der Waals surface area contributed by atoms with E-state index < -0.39 is 12.7 Å². The number of hydrogen-bond acceptors (Lipinski definition) is 2. The number of thiophene rings is 1. The van der Waals surface area contributed by atoms with Gasteiger partial charge in [0.25, 0.3) is 0 Å². The Balaban J connectivity index is 2.74. The van der Waals surface area contributed by atoms with E-state index in [2.05, 4.69) is 15.9 Å². The minimum absolute atomic E-state index is 0.448. The van der Waals surface area contributed by atoms with Crippen molar-refractivity contribution in [2.45, 2.75) is 6.04 Å². The number of nitrogens with two attached hydrogens (primary N) is 1. The van der Waals surface area contributed by atoms with Gasteiger partial charge in [-0.05, 0) is 28.1 Å². The van der Waals surface area contributed by atoms with Gasteiger partial charge in [0.05, 0.1) is 9.83 Å². The molecule has 0 unspecified atom stereocenters. The van der Waals surface area contributed by atoms with Gasteiger partial charge in [-0.1, -0.05) is 0 Å². The summed E-state index contributed by atoms with van der Waals surface area (Å²) in [6, 6.07) is 3.26. The van der Waals surface area contributed by atoms with Crippen molar-refractivity contribution in [1.82, 2.24) is 0 Å². The Kier molecular flexibility index (Phi) is 2.82. The first-order chi connectivity index (χ1) is 4.74. The number of rotatable bonds is 2. The van der Waals surface area contributed by atoms with Crippen LogP contribution in [0.5, 0.6) is 0 Å². The predicted molar refractivity (Wildman–Crippen MR) is 44.9 cm³/mol. The number of halogens is 2. The Hall–Kier alpha value is 0.0700. The Morgan fingerprint density at radius 1 is 1.70 bits per heavy atom. The van der Waals surface area contributed by atoms with E-state index in [0.717, 1.165) is 8.66 Å². The van der Waals surface area contributed by atoms with Crippen molar-refractivity contribution in [3.05, 3.63) is 20.8 Å². The van der Waals surface area contributed by atoms with Crippen molar-refractivity contribution in [2.24, 2.45) is 5.73 Å². The fraction of sp³-hybridized carbons (Fsp3) is 0.333. The molecule has 0 aliphatic heterocycles. The fourth-order valence-electron chi connectivity index (χ4n) is 0.604. The minimum atomic E-state index is -0.493. The first kappa shape index (κ1) is 8.17. The van der Waals surface area contributed by atoms with E-state index in [4.69, 9.17) is 5.73 Å². The molecule has 0 radical (unpaired) electrons. The van der Waals surface area contributed by atoms with Crippen LogP contribution in [0.15, 0.2) is 15.9 Å². The molecule has 56 valence electrons.